The molecule has 1 aromatic heterocycles. The number of carbonyl (C=O) groups excluding carboxylic acids is 1. The van der Waals surface area contributed by atoms with Crippen LogP contribution in [0.2, 0.25) is 0 Å². The third-order valence-electron chi connectivity index (χ3n) is 3.64. The number of halogens is 1. The van der Waals surface area contributed by atoms with E-state index in [1.807, 2.05) is 0 Å². The number of amides is 1. The molecule has 19 heavy (non-hydrogen) atoms. The largest absolute Gasteiger partial charge is 0.348 e. The van der Waals surface area contributed by atoms with E-state index in [1.54, 1.807) is 6.07 Å². The van der Waals surface area contributed by atoms with Gasteiger partial charge in [0.15, 0.2) is 0 Å². The van der Waals surface area contributed by atoms with Crippen molar-refractivity contribution in [2.45, 2.75) is 38.1 Å². The summed E-state index contributed by atoms with van der Waals surface area (Å²) in [4.78, 5) is 12.0. The smallest absolute Gasteiger partial charge is 0.253 e. The van der Waals surface area contributed by atoms with Crippen molar-refractivity contribution in [1.29, 1.82) is 0 Å². The minimum atomic E-state index is -0.106. The summed E-state index contributed by atoms with van der Waals surface area (Å²) in [5.74, 6) is 0.411. The van der Waals surface area contributed by atoms with Gasteiger partial charge in [0.05, 0.1) is 18.0 Å². The van der Waals surface area contributed by atoms with E-state index in [9.17, 15) is 4.79 Å². The van der Waals surface area contributed by atoms with Crippen LogP contribution in [0.4, 0.5) is 0 Å². The van der Waals surface area contributed by atoms with Crippen LogP contribution < -0.4 is 11.1 Å². The van der Waals surface area contributed by atoms with Gasteiger partial charge in [-0.05, 0) is 24.8 Å². The molecule has 1 aliphatic carbocycles. The van der Waals surface area contributed by atoms with Gasteiger partial charge in [0.2, 0.25) is 0 Å². The van der Waals surface area contributed by atoms with E-state index in [4.69, 9.17) is 5.73 Å². The minimum Gasteiger partial charge on any atom is -0.348 e. The molecule has 0 saturated heterocycles. The Kier molecular flexibility index (Phi) is 6.73. The van der Waals surface area contributed by atoms with Crippen molar-refractivity contribution in [1.82, 2.24) is 15.5 Å². The number of aromatic nitrogens is 2. The molecule has 0 spiro atoms. The predicted molar refractivity (Wildman–Crippen MR) is 76.2 cm³/mol. The van der Waals surface area contributed by atoms with Gasteiger partial charge in [0, 0.05) is 12.6 Å². The summed E-state index contributed by atoms with van der Waals surface area (Å²) in [7, 11) is 0. The maximum absolute atomic E-state index is 12.0. The zero-order valence-corrected chi connectivity index (χ0v) is 11.7. The molecular weight excluding hydrogens is 264 g/mol. The Bertz CT molecular complexity index is 381. The number of nitrogens with two attached hydrogens (primary N) is 1. The Morgan fingerprint density at radius 1 is 1.37 bits per heavy atom. The van der Waals surface area contributed by atoms with Gasteiger partial charge in [-0.1, -0.05) is 19.3 Å². The van der Waals surface area contributed by atoms with Crippen LogP contribution in [-0.4, -0.2) is 28.7 Å². The topological polar surface area (TPSA) is 80.9 Å². The lowest BCUT2D eigenvalue weighted by molar-refractivity contribution is 0.0915. The van der Waals surface area contributed by atoms with Crippen LogP contribution in [-0.2, 0) is 0 Å². The fourth-order valence-electron chi connectivity index (χ4n) is 2.58. The molecular formula is C13H21ClN4O. The maximum Gasteiger partial charge on any atom is 0.253 e. The quantitative estimate of drug-likeness (QED) is 0.879. The molecule has 1 amide bonds. The zero-order valence-electron chi connectivity index (χ0n) is 10.9. The number of rotatable bonds is 4. The molecule has 1 fully saturated rings. The second-order valence-corrected chi connectivity index (χ2v) is 4.84. The summed E-state index contributed by atoms with van der Waals surface area (Å²) in [5.41, 5.74) is 6.33. The SMILES string of the molecule is Cl.NCC(NC(=O)c1ccnnc1)C1CCCCC1. The minimum absolute atomic E-state index is 0. The lowest BCUT2D eigenvalue weighted by Gasteiger charge is -2.30. The van der Waals surface area contributed by atoms with Crippen molar-refractivity contribution in [2.24, 2.45) is 11.7 Å². The van der Waals surface area contributed by atoms with Crippen LogP contribution in [0.3, 0.4) is 0 Å². The zero-order chi connectivity index (χ0) is 12.8. The van der Waals surface area contributed by atoms with Gasteiger partial charge >= 0.3 is 0 Å². The molecule has 3 N–H and O–H groups in total. The van der Waals surface area contributed by atoms with Gasteiger partial charge < -0.3 is 11.1 Å². The summed E-state index contributed by atoms with van der Waals surface area (Å²) in [6.07, 6.45) is 9.11. The first-order valence-electron chi connectivity index (χ1n) is 6.59. The Morgan fingerprint density at radius 2 is 2.11 bits per heavy atom. The highest BCUT2D eigenvalue weighted by atomic mass is 35.5. The fourth-order valence-corrected chi connectivity index (χ4v) is 2.58. The van der Waals surface area contributed by atoms with Crippen LogP contribution in [0, 0.1) is 5.92 Å². The standard InChI is InChI=1S/C13H20N4O.ClH/c14-8-12(10-4-2-1-3-5-10)17-13(18)11-6-7-15-16-9-11;/h6-7,9-10,12H,1-5,8,14H2,(H,17,18);1H. The van der Waals surface area contributed by atoms with Crippen LogP contribution in [0.1, 0.15) is 42.5 Å². The number of hydrogen-bond donors (Lipinski definition) is 2. The molecule has 106 valence electrons. The lowest BCUT2D eigenvalue weighted by Crippen LogP contribution is -2.45. The van der Waals surface area contributed by atoms with E-state index in [0.29, 0.717) is 18.0 Å². The third-order valence-corrected chi connectivity index (χ3v) is 3.64. The van der Waals surface area contributed by atoms with Gasteiger partial charge in [0.25, 0.3) is 5.91 Å². The Labute approximate surface area is 119 Å². The van der Waals surface area contributed by atoms with E-state index >= 15 is 0 Å². The average molecular weight is 285 g/mol. The van der Waals surface area contributed by atoms with Gasteiger partial charge in [-0.25, -0.2) is 0 Å². The monoisotopic (exact) mass is 284 g/mol. The lowest BCUT2D eigenvalue weighted by atomic mass is 9.84. The molecule has 1 atom stereocenters. The van der Waals surface area contributed by atoms with Gasteiger partial charge in [-0.3, -0.25) is 4.79 Å². The molecule has 1 aliphatic rings. The van der Waals surface area contributed by atoms with Crippen molar-refractivity contribution in [3.05, 3.63) is 24.0 Å². The average Bonchev–Trinajstić information content (AvgIpc) is 2.46. The molecule has 0 radical (unpaired) electrons. The first-order valence-corrected chi connectivity index (χ1v) is 6.59. The van der Waals surface area contributed by atoms with E-state index in [2.05, 4.69) is 15.5 Å². The molecule has 0 aromatic carbocycles. The number of hydrogen-bond acceptors (Lipinski definition) is 4. The Hall–Kier alpha value is -1.20. The molecule has 1 aromatic rings. The van der Waals surface area contributed by atoms with Crippen molar-refractivity contribution in [3.63, 3.8) is 0 Å². The molecule has 0 bridgehead atoms. The van der Waals surface area contributed by atoms with Gasteiger partial charge in [0.1, 0.15) is 0 Å². The van der Waals surface area contributed by atoms with Gasteiger partial charge in [-0.15, -0.1) is 12.4 Å². The van der Waals surface area contributed by atoms with E-state index in [1.165, 1.54) is 31.7 Å². The summed E-state index contributed by atoms with van der Waals surface area (Å²) < 4.78 is 0. The second-order valence-electron chi connectivity index (χ2n) is 4.84. The summed E-state index contributed by atoms with van der Waals surface area (Å²) >= 11 is 0. The first-order chi connectivity index (χ1) is 8.81. The molecule has 5 nitrogen and oxygen atoms in total. The van der Waals surface area contributed by atoms with Crippen LogP contribution in [0.25, 0.3) is 0 Å². The normalized spacial score (nSPS) is 17.3. The summed E-state index contributed by atoms with van der Waals surface area (Å²) in [6.45, 7) is 0.495. The first kappa shape index (κ1) is 15.9. The van der Waals surface area contributed by atoms with Crippen molar-refractivity contribution in [2.75, 3.05) is 6.54 Å². The Balaban J connectivity index is 0.00000180. The van der Waals surface area contributed by atoms with Gasteiger partial charge in [-0.2, -0.15) is 10.2 Å². The number of nitrogens with one attached hydrogen (secondary N) is 1. The molecule has 1 heterocycles. The molecule has 1 unspecified atom stereocenters. The fraction of sp³-hybridized carbons (Fsp3) is 0.615. The number of carbonyl (C=O) groups is 1. The van der Waals surface area contributed by atoms with Crippen LogP contribution >= 0.6 is 12.4 Å². The van der Waals surface area contributed by atoms with Crippen molar-refractivity contribution in [3.8, 4) is 0 Å². The van der Waals surface area contributed by atoms with E-state index in [-0.39, 0.29) is 24.4 Å². The molecule has 2 rings (SSSR count). The third kappa shape index (κ3) is 4.44. The van der Waals surface area contributed by atoms with Crippen molar-refractivity contribution >= 4 is 18.3 Å². The highest BCUT2D eigenvalue weighted by Gasteiger charge is 2.24. The summed E-state index contributed by atoms with van der Waals surface area (Å²) in [6, 6.07) is 1.74. The predicted octanol–water partition coefficient (Wildman–Crippen LogP) is 1.54. The maximum atomic E-state index is 12.0. The Morgan fingerprint density at radius 3 is 2.68 bits per heavy atom. The number of nitrogens with zero attached hydrogens (tertiary/aromatic N) is 2. The van der Waals surface area contributed by atoms with Crippen LogP contribution in [0.5, 0.6) is 0 Å². The highest BCUT2D eigenvalue weighted by Crippen LogP contribution is 2.26. The van der Waals surface area contributed by atoms with Crippen LogP contribution in [0.15, 0.2) is 18.5 Å². The second kappa shape index (κ2) is 8.07. The van der Waals surface area contributed by atoms with Crippen molar-refractivity contribution < 1.29 is 4.79 Å². The molecule has 0 aliphatic heterocycles. The van der Waals surface area contributed by atoms with E-state index < -0.39 is 0 Å². The summed E-state index contributed by atoms with van der Waals surface area (Å²) in [5, 5.41) is 10.4. The highest BCUT2D eigenvalue weighted by molar-refractivity contribution is 5.93. The van der Waals surface area contributed by atoms with E-state index in [0.717, 1.165) is 12.8 Å². The molecule has 6 heteroatoms. The molecule has 1 saturated carbocycles.